The van der Waals surface area contributed by atoms with Crippen LogP contribution in [0, 0.1) is 52.3 Å². The number of aliphatic hydroxyl groups is 1. The van der Waals surface area contributed by atoms with E-state index in [0.29, 0.717) is 11.8 Å². The van der Waals surface area contributed by atoms with Crippen molar-refractivity contribution in [2.75, 3.05) is 0 Å². The highest BCUT2D eigenvalue weighted by atomic mass is 16.5. The highest BCUT2D eigenvalue weighted by Gasteiger charge is 2.62. The number of fused-ring (bicyclic) bond motifs is 5. The van der Waals surface area contributed by atoms with Gasteiger partial charge in [-0.3, -0.25) is 4.79 Å². The number of unbranched alkanes of at least 4 members (excludes halogenated alkanes) is 10. The van der Waals surface area contributed by atoms with Gasteiger partial charge in [-0.1, -0.05) is 131 Å². The maximum atomic E-state index is 13.3. The van der Waals surface area contributed by atoms with Crippen LogP contribution in [0.25, 0.3) is 0 Å². The van der Waals surface area contributed by atoms with Crippen molar-refractivity contribution in [2.24, 2.45) is 52.3 Å². The highest BCUT2D eigenvalue weighted by Crippen LogP contribution is 2.68. The molecule has 0 aliphatic heterocycles. The minimum absolute atomic E-state index is 0.0835. The van der Waals surface area contributed by atoms with Gasteiger partial charge in [-0.25, -0.2) is 0 Å². The van der Waals surface area contributed by atoms with Crippen LogP contribution in [0.2, 0.25) is 0 Å². The van der Waals surface area contributed by atoms with E-state index in [0.717, 1.165) is 73.5 Å². The molecule has 3 nitrogen and oxygen atoms in total. The van der Waals surface area contributed by atoms with Gasteiger partial charge in [-0.05, 0) is 124 Å². The molecule has 0 saturated heterocycles. The Hall–Kier alpha value is -0.570. The summed E-state index contributed by atoms with van der Waals surface area (Å²) in [6.45, 7) is 14.9. The molecule has 4 saturated carbocycles. The predicted octanol–water partition coefficient (Wildman–Crippen LogP) is 13.3. The Morgan fingerprint density at radius 3 is 2.06 bits per heavy atom. The number of rotatable bonds is 22. The van der Waals surface area contributed by atoms with Gasteiger partial charge in [-0.2, -0.15) is 0 Å². The average Bonchev–Trinajstić information content (AvgIpc) is 3.41. The molecule has 0 aromatic rings. The lowest BCUT2D eigenvalue weighted by molar-refractivity contribution is -0.192. The van der Waals surface area contributed by atoms with Crippen LogP contribution < -0.4 is 0 Å². The number of hydrogen-bond donors (Lipinski definition) is 1. The topological polar surface area (TPSA) is 46.5 Å². The van der Waals surface area contributed by atoms with Gasteiger partial charge in [0.1, 0.15) is 6.10 Å². The summed E-state index contributed by atoms with van der Waals surface area (Å²) >= 11 is 0. The van der Waals surface area contributed by atoms with Crippen LogP contribution in [0.1, 0.15) is 215 Å². The first-order valence-electron chi connectivity index (χ1n) is 22.0. The standard InChI is InChI=1S/C45H82O3/c1-7-8-9-16-24-37(46)25-17-14-12-10-11-13-15-18-27-43(47)48-42-26-20-23-36-28-29-38-40-31-30-39(35(4)22-19-21-34(2)3)44(40,5)33-32-41(38)45(36,42)6/h34-42,46H,7-33H2,1-6H3/t35-,36?,37?,38+,39-,40+,41+,42?,44-,45+/m1/s1. The molecule has 4 aliphatic carbocycles. The summed E-state index contributed by atoms with van der Waals surface area (Å²) in [5.74, 6) is 5.91. The maximum Gasteiger partial charge on any atom is 0.306 e. The van der Waals surface area contributed by atoms with Gasteiger partial charge in [-0.15, -0.1) is 0 Å². The van der Waals surface area contributed by atoms with Crippen molar-refractivity contribution in [3.63, 3.8) is 0 Å². The van der Waals surface area contributed by atoms with Crippen molar-refractivity contribution in [1.82, 2.24) is 0 Å². The van der Waals surface area contributed by atoms with E-state index in [-0.39, 0.29) is 23.6 Å². The molecule has 280 valence electrons. The summed E-state index contributed by atoms with van der Waals surface area (Å²) < 4.78 is 6.54. The second-order valence-corrected chi connectivity index (χ2v) is 18.8. The summed E-state index contributed by atoms with van der Waals surface area (Å²) in [7, 11) is 0. The molecule has 0 aromatic carbocycles. The second kappa shape index (κ2) is 19.9. The van der Waals surface area contributed by atoms with E-state index in [2.05, 4.69) is 41.5 Å². The first-order valence-corrected chi connectivity index (χ1v) is 22.0. The van der Waals surface area contributed by atoms with E-state index in [9.17, 15) is 9.90 Å². The number of aliphatic hydroxyl groups excluding tert-OH is 1. The second-order valence-electron chi connectivity index (χ2n) is 18.8. The van der Waals surface area contributed by atoms with Crippen molar-refractivity contribution < 1.29 is 14.6 Å². The first kappa shape index (κ1) is 40.2. The Morgan fingerprint density at radius 1 is 0.708 bits per heavy atom. The molecule has 48 heavy (non-hydrogen) atoms. The van der Waals surface area contributed by atoms with Crippen LogP contribution in [0.4, 0.5) is 0 Å². The largest absolute Gasteiger partial charge is 0.462 e. The van der Waals surface area contributed by atoms with E-state index in [1.165, 1.54) is 135 Å². The molecule has 3 heteroatoms. The fraction of sp³-hybridized carbons (Fsp3) is 0.978. The zero-order valence-corrected chi connectivity index (χ0v) is 33.1. The molecule has 0 aromatic heterocycles. The Kier molecular flexibility index (Phi) is 16.7. The maximum absolute atomic E-state index is 13.3. The molecule has 4 rings (SSSR count). The summed E-state index contributed by atoms with van der Waals surface area (Å²) in [6, 6.07) is 0. The van der Waals surface area contributed by atoms with Crippen molar-refractivity contribution in [3.05, 3.63) is 0 Å². The molecule has 0 bridgehead atoms. The molecule has 1 N–H and O–H groups in total. The van der Waals surface area contributed by atoms with Crippen LogP contribution in [0.5, 0.6) is 0 Å². The fourth-order valence-corrected chi connectivity index (χ4v) is 12.4. The monoisotopic (exact) mass is 671 g/mol. The molecule has 0 radical (unpaired) electrons. The van der Waals surface area contributed by atoms with E-state index in [1.54, 1.807) is 0 Å². The van der Waals surface area contributed by atoms with Crippen LogP contribution >= 0.6 is 0 Å². The number of ether oxygens (including phenoxy) is 1. The van der Waals surface area contributed by atoms with Crippen LogP contribution in [-0.4, -0.2) is 23.3 Å². The molecule has 0 heterocycles. The van der Waals surface area contributed by atoms with Crippen LogP contribution in [-0.2, 0) is 9.53 Å². The molecule has 3 unspecified atom stereocenters. The number of esters is 1. The van der Waals surface area contributed by atoms with Gasteiger partial charge in [0.15, 0.2) is 0 Å². The van der Waals surface area contributed by atoms with Crippen molar-refractivity contribution in [2.45, 2.75) is 227 Å². The molecule has 0 spiro atoms. The van der Waals surface area contributed by atoms with E-state index in [4.69, 9.17) is 4.74 Å². The quantitative estimate of drug-likeness (QED) is 0.0921. The Labute approximate surface area is 299 Å². The summed E-state index contributed by atoms with van der Waals surface area (Å²) in [5, 5.41) is 10.2. The van der Waals surface area contributed by atoms with Crippen LogP contribution in [0.15, 0.2) is 0 Å². The van der Waals surface area contributed by atoms with E-state index in [1.807, 2.05) is 0 Å². The molecular weight excluding hydrogens is 588 g/mol. The summed E-state index contributed by atoms with van der Waals surface area (Å²) in [4.78, 5) is 13.3. The Bertz CT molecular complexity index is 914. The first-order chi connectivity index (χ1) is 23.1. The molecule has 4 aliphatic rings. The predicted molar refractivity (Wildman–Crippen MR) is 204 cm³/mol. The normalized spacial score (nSPS) is 34.3. The zero-order chi connectivity index (χ0) is 34.6. The van der Waals surface area contributed by atoms with Crippen molar-refractivity contribution in [1.29, 1.82) is 0 Å². The SMILES string of the molecule is CCCCCCC(O)CCCCCCCCCCC(=O)OC1CCCC2CC[C@@H]3[C@H](CC[C@]4(C)[C@@H]([C@H](C)CCCC(C)C)CC[C@@H]34)[C@]21C. The van der Waals surface area contributed by atoms with Gasteiger partial charge in [0.25, 0.3) is 0 Å². The van der Waals surface area contributed by atoms with Gasteiger partial charge in [0.05, 0.1) is 6.10 Å². The zero-order valence-electron chi connectivity index (χ0n) is 33.1. The number of carbonyl (C=O) groups is 1. The third-order valence-electron chi connectivity index (χ3n) is 15.2. The smallest absolute Gasteiger partial charge is 0.306 e. The Morgan fingerprint density at radius 2 is 1.38 bits per heavy atom. The lowest BCUT2D eigenvalue weighted by Crippen LogP contribution is -2.58. The van der Waals surface area contributed by atoms with Gasteiger partial charge in [0.2, 0.25) is 0 Å². The number of hydrogen-bond acceptors (Lipinski definition) is 3. The van der Waals surface area contributed by atoms with E-state index < -0.39 is 0 Å². The van der Waals surface area contributed by atoms with E-state index >= 15 is 0 Å². The van der Waals surface area contributed by atoms with Crippen LogP contribution in [0.3, 0.4) is 0 Å². The summed E-state index contributed by atoms with van der Waals surface area (Å²) in [5.41, 5.74) is 0.711. The number of carbonyl (C=O) groups excluding carboxylic acids is 1. The minimum atomic E-state index is -0.0835. The molecule has 10 atom stereocenters. The van der Waals surface area contributed by atoms with Gasteiger partial charge >= 0.3 is 5.97 Å². The lowest BCUT2D eigenvalue weighted by Gasteiger charge is -2.62. The summed E-state index contributed by atoms with van der Waals surface area (Å²) in [6.07, 6.45) is 33.7. The lowest BCUT2D eigenvalue weighted by atomic mass is 9.44. The average molecular weight is 671 g/mol. The minimum Gasteiger partial charge on any atom is -0.462 e. The van der Waals surface area contributed by atoms with Gasteiger partial charge < -0.3 is 9.84 Å². The molecular formula is C45H82O3. The highest BCUT2D eigenvalue weighted by molar-refractivity contribution is 5.69. The fourth-order valence-electron chi connectivity index (χ4n) is 12.4. The van der Waals surface area contributed by atoms with Crippen molar-refractivity contribution in [3.8, 4) is 0 Å². The third kappa shape index (κ3) is 10.5. The molecule has 4 fully saturated rings. The third-order valence-corrected chi connectivity index (χ3v) is 15.2. The van der Waals surface area contributed by atoms with Gasteiger partial charge in [0, 0.05) is 11.8 Å². The van der Waals surface area contributed by atoms with Crippen molar-refractivity contribution >= 4 is 5.97 Å². The molecule has 0 amide bonds. The Balaban J connectivity index is 1.16.